The minimum atomic E-state index is -0.0155. The SMILES string of the molecule is O=C1CC(c2noc(Cc3cccs3)n2)CN1Cc1ccco1. The van der Waals surface area contributed by atoms with E-state index in [-0.39, 0.29) is 11.8 Å². The van der Waals surface area contributed by atoms with Gasteiger partial charge in [0.05, 0.1) is 19.2 Å². The average molecular weight is 329 g/mol. The third-order valence-electron chi connectivity index (χ3n) is 3.90. The number of furan rings is 1. The van der Waals surface area contributed by atoms with Crippen LogP contribution in [0.4, 0.5) is 0 Å². The minimum Gasteiger partial charge on any atom is -0.467 e. The van der Waals surface area contributed by atoms with Gasteiger partial charge in [-0.15, -0.1) is 11.3 Å². The molecule has 1 fully saturated rings. The predicted octanol–water partition coefficient (Wildman–Crippen LogP) is 2.83. The third-order valence-corrected chi connectivity index (χ3v) is 4.77. The molecule has 4 heterocycles. The van der Waals surface area contributed by atoms with Crippen LogP contribution in [0, 0.1) is 0 Å². The smallest absolute Gasteiger partial charge is 0.231 e. The summed E-state index contributed by atoms with van der Waals surface area (Å²) in [7, 11) is 0. The molecule has 0 spiro atoms. The molecule has 3 aromatic heterocycles. The van der Waals surface area contributed by atoms with Crippen molar-refractivity contribution in [3.05, 3.63) is 58.3 Å². The number of rotatable bonds is 5. The topological polar surface area (TPSA) is 72.4 Å². The number of nitrogens with zero attached hydrogens (tertiary/aromatic N) is 3. The molecule has 1 amide bonds. The van der Waals surface area contributed by atoms with Crippen molar-refractivity contribution in [2.24, 2.45) is 0 Å². The molecule has 1 aliphatic rings. The summed E-state index contributed by atoms with van der Waals surface area (Å²) >= 11 is 1.66. The molecule has 0 radical (unpaired) electrons. The van der Waals surface area contributed by atoms with E-state index < -0.39 is 0 Å². The summed E-state index contributed by atoms with van der Waals surface area (Å²) in [6.07, 6.45) is 2.67. The lowest BCUT2D eigenvalue weighted by Crippen LogP contribution is -2.24. The van der Waals surface area contributed by atoms with Gasteiger partial charge in [0.2, 0.25) is 11.8 Å². The monoisotopic (exact) mass is 329 g/mol. The van der Waals surface area contributed by atoms with Crippen molar-refractivity contribution in [1.29, 1.82) is 0 Å². The van der Waals surface area contributed by atoms with Crippen LogP contribution < -0.4 is 0 Å². The Hall–Kier alpha value is -2.41. The van der Waals surface area contributed by atoms with E-state index in [1.807, 2.05) is 29.6 Å². The Morgan fingerprint density at radius 1 is 1.35 bits per heavy atom. The minimum absolute atomic E-state index is 0.0155. The number of carbonyl (C=O) groups excluding carboxylic acids is 1. The van der Waals surface area contributed by atoms with Crippen molar-refractivity contribution in [2.75, 3.05) is 6.54 Å². The number of aromatic nitrogens is 2. The fourth-order valence-electron chi connectivity index (χ4n) is 2.76. The Morgan fingerprint density at radius 2 is 2.30 bits per heavy atom. The summed E-state index contributed by atoms with van der Waals surface area (Å²) in [6.45, 7) is 1.08. The van der Waals surface area contributed by atoms with Crippen molar-refractivity contribution in [3.8, 4) is 0 Å². The van der Waals surface area contributed by atoms with Gasteiger partial charge in [-0.2, -0.15) is 4.98 Å². The number of carbonyl (C=O) groups is 1. The molecule has 6 nitrogen and oxygen atoms in total. The van der Waals surface area contributed by atoms with Crippen LogP contribution in [0.3, 0.4) is 0 Å². The van der Waals surface area contributed by atoms with E-state index >= 15 is 0 Å². The first-order valence-electron chi connectivity index (χ1n) is 7.43. The molecule has 1 atom stereocenters. The number of thiophene rings is 1. The summed E-state index contributed by atoms with van der Waals surface area (Å²) in [6, 6.07) is 7.73. The van der Waals surface area contributed by atoms with Gasteiger partial charge >= 0.3 is 0 Å². The van der Waals surface area contributed by atoms with Crippen molar-refractivity contribution in [2.45, 2.75) is 25.3 Å². The Labute approximate surface area is 136 Å². The highest BCUT2D eigenvalue weighted by Gasteiger charge is 2.34. The van der Waals surface area contributed by atoms with Gasteiger partial charge in [-0.3, -0.25) is 4.79 Å². The van der Waals surface area contributed by atoms with E-state index in [0.29, 0.717) is 37.6 Å². The van der Waals surface area contributed by atoms with E-state index in [4.69, 9.17) is 8.94 Å². The Bertz CT molecular complexity index is 779. The highest BCUT2D eigenvalue weighted by Crippen LogP contribution is 2.28. The maximum atomic E-state index is 12.1. The molecule has 1 aliphatic heterocycles. The third kappa shape index (κ3) is 3.05. The summed E-state index contributed by atoms with van der Waals surface area (Å²) in [5.41, 5.74) is 0. The molecule has 0 N–H and O–H groups in total. The van der Waals surface area contributed by atoms with Crippen molar-refractivity contribution < 1.29 is 13.7 Å². The van der Waals surface area contributed by atoms with Gasteiger partial charge in [-0.25, -0.2) is 0 Å². The van der Waals surface area contributed by atoms with Gasteiger partial charge < -0.3 is 13.8 Å². The number of likely N-dealkylation sites (tertiary alicyclic amines) is 1. The van der Waals surface area contributed by atoms with Crippen LogP contribution in [0.25, 0.3) is 0 Å². The van der Waals surface area contributed by atoms with Crippen LogP contribution in [0.2, 0.25) is 0 Å². The van der Waals surface area contributed by atoms with Crippen LogP contribution in [0.1, 0.15) is 34.7 Å². The van der Waals surface area contributed by atoms with Crippen molar-refractivity contribution >= 4 is 17.2 Å². The molecule has 0 aromatic carbocycles. The Kier molecular flexibility index (Phi) is 3.70. The average Bonchev–Trinajstić information content (AvgIpc) is 3.30. The van der Waals surface area contributed by atoms with Crippen LogP contribution in [-0.4, -0.2) is 27.5 Å². The Balaban J connectivity index is 1.42. The number of amides is 1. The molecule has 1 unspecified atom stereocenters. The Morgan fingerprint density at radius 3 is 3.09 bits per heavy atom. The van der Waals surface area contributed by atoms with E-state index in [0.717, 1.165) is 5.76 Å². The van der Waals surface area contributed by atoms with Gasteiger partial charge in [0.15, 0.2) is 5.82 Å². The number of hydrogen-bond acceptors (Lipinski definition) is 6. The molecule has 0 aliphatic carbocycles. The molecule has 0 bridgehead atoms. The summed E-state index contributed by atoms with van der Waals surface area (Å²) in [5.74, 6) is 2.08. The molecule has 23 heavy (non-hydrogen) atoms. The standard InChI is InChI=1S/C16H15N3O3S/c20-15-7-11(9-19(15)10-12-3-1-5-21-12)16-17-14(22-18-16)8-13-4-2-6-23-13/h1-6,11H,7-10H2. The first-order chi connectivity index (χ1) is 11.3. The lowest BCUT2D eigenvalue weighted by Gasteiger charge is -2.13. The van der Waals surface area contributed by atoms with Crippen molar-refractivity contribution in [3.63, 3.8) is 0 Å². The van der Waals surface area contributed by atoms with E-state index in [9.17, 15) is 4.79 Å². The highest BCUT2D eigenvalue weighted by molar-refractivity contribution is 7.09. The van der Waals surface area contributed by atoms with Gasteiger partial charge in [0.25, 0.3) is 0 Å². The van der Waals surface area contributed by atoms with Gasteiger partial charge in [-0.05, 0) is 23.6 Å². The normalized spacial score (nSPS) is 18.0. The van der Waals surface area contributed by atoms with Gasteiger partial charge in [0, 0.05) is 23.8 Å². The molecule has 4 rings (SSSR count). The zero-order valence-electron chi connectivity index (χ0n) is 12.3. The largest absolute Gasteiger partial charge is 0.467 e. The lowest BCUT2D eigenvalue weighted by atomic mass is 10.1. The quantitative estimate of drug-likeness (QED) is 0.720. The molecule has 0 saturated carbocycles. The molecule has 118 valence electrons. The molecule has 7 heteroatoms. The fraction of sp³-hybridized carbons (Fsp3) is 0.312. The van der Waals surface area contributed by atoms with Crippen molar-refractivity contribution in [1.82, 2.24) is 15.0 Å². The van der Waals surface area contributed by atoms with Crippen LogP contribution in [0.15, 0.2) is 44.8 Å². The zero-order chi connectivity index (χ0) is 15.6. The van der Waals surface area contributed by atoms with Crippen LogP contribution in [0.5, 0.6) is 0 Å². The second kappa shape index (κ2) is 6.00. The van der Waals surface area contributed by atoms with Gasteiger partial charge in [0.1, 0.15) is 5.76 Å². The van der Waals surface area contributed by atoms with E-state index in [1.165, 1.54) is 4.88 Å². The summed E-state index contributed by atoms with van der Waals surface area (Å²) < 4.78 is 10.6. The molecular weight excluding hydrogens is 314 g/mol. The lowest BCUT2D eigenvalue weighted by molar-refractivity contribution is -0.128. The summed E-state index contributed by atoms with van der Waals surface area (Å²) in [5, 5.41) is 6.08. The first-order valence-corrected chi connectivity index (χ1v) is 8.31. The van der Waals surface area contributed by atoms with E-state index in [1.54, 1.807) is 22.5 Å². The number of hydrogen-bond donors (Lipinski definition) is 0. The van der Waals surface area contributed by atoms with Crippen LogP contribution in [-0.2, 0) is 17.8 Å². The maximum absolute atomic E-state index is 12.1. The predicted molar refractivity (Wildman–Crippen MR) is 82.9 cm³/mol. The zero-order valence-corrected chi connectivity index (χ0v) is 13.2. The van der Waals surface area contributed by atoms with Gasteiger partial charge in [-0.1, -0.05) is 11.2 Å². The fourth-order valence-corrected chi connectivity index (χ4v) is 3.45. The molecule has 1 saturated heterocycles. The molecular formula is C16H15N3O3S. The highest BCUT2D eigenvalue weighted by atomic mass is 32.1. The second-order valence-corrected chi connectivity index (χ2v) is 6.59. The summed E-state index contributed by atoms with van der Waals surface area (Å²) in [4.78, 5) is 19.6. The van der Waals surface area contributed by atoms with Crippen LogP contribution >= 0.6 is 11.3 Å². The maximum Gasteiger partial charge on any atom is 0.231 e. The van der Waals surface area contributed by atoms with E-state index in [2.05, 4.69) is 10.1 Å². The first kappa shape index (κ1) is 14.2. The second-order valence-electron chi connectivity index (χ2n) is 5.56. The molecule has 3 aromatic rings.